The van der Waals surface area contributed by atoms with Crippen molar-refractivity contribution in [2.75, 3.05) is 4.72 Å². The molecule has 0 radical (unpaired) electrons. The standard InChI is InChI=1S/C13H18N2O2S3/c1-9(2)14-6-12-13(10(3)7-19-12)20(16,17)15-11-4-5-18-8-11/h4-5,7-9,14-15H,6H2,1-3H3. The highest BCUT2D eigenvalue weighted by molar-refractivity contribution is 7.93. The second-order valence-corrected chi connectivity index (χ2v) is 8.19. The average Bonchev–Trinajstić information content (AvgIpc) is 2.95. The topological polar surface area (TPSA) is 58.2 Å². The summed E-state index contributed by atoms with van der Waals surface area (Å²) in [7, 11) is -3.52. The maximum absolute atomic E-state index is 12.5. The Morgan fingerprint density at radius 2 is 2.05 bits per heavy atom. The van der Waals surface area contributed by atoms with Crippen LogP contribution in [-0.4, -0.2) is 14.5 Å². The monoisotopic (exact) mass is 330 g/mol. The van der Waals surface area contributed by atoms with Crippen LogP contribution in [0, 0.1) is 6.92 Å². The van der Waals surface area contributed by atoms with E-state index in [9.17, 15) is 8.42 Å². The van der Waals surface area contributed by atoms with Gasteiger partial charge in [-0.05, 0) is 29.3 Å². The van der Waals surface area contributed by atoms with Crippen LogP contribution in [0.3, 0.4) is 0 Å². The molecule has 20 heavy (non-hydrogen) atoms. The second kappa shape index (κ2) is 6.26. The molecule has 0 aliphatic carbocycles. The van der Waals surface area contributed by atoms with Crippen LogP contribution >= 0.6 is 22.7 Å². The van der Waals surface area contributed by atoms with Crippen LogP contribution in [0.4, 0.5) is 5.69 Å². The van der Waals surface area contributed by atoms with Crippen molar-refractivity contribution in [1.29, 1.82) is 0 Å². The van der Waals surface area contributed by atoms with Gasteiger partial charge in [0, 0.05) is 22.8 Å². The summed E-state index contributed by atoms with van der Waals surface area (Å²) in [6.45, 7) is 6.48. The molecule has 2 aromatic heterocycles. The predicted octanol–water partition coefficient (Wildman–Crippen LogP) is 3.42. The smallest absolute Gasteiger partial charge is 0.263 e. The van der Waals surface area contributed by atoms with E-state index in [0.29, 0.717) is 23.2 Å². The Kier molecular flexibility index (Phi) is 4.85. The number of sulfonamides is 1. The first kappa shape index (κ1) is 15.5. The van der Waals surface area contributed by atoms with Gasteiger partial charge in [-0.15, -0.1) is 11.3 Å². The third-order valence-electron chi connectivity index (χ3n) is 2.70. The van der Waals surface area contributed by atoms with Gasteiger partial charge in [-0.1, -0.05) is 13.8 Å². The van der Waals surface area contributed by atoms with Gasteiger partial charge in [-0.3, -0.25) is 4.72 Å². The molecule has 0 fully saturated rings. The minimum atomic E-state index is -3.52. The van der Waals surface area contributed by atoms with Crippen molar-refractivity contribution >= 4 is 38.4 Å². The summed E-state index contributed by atoms with van der Waals surface area (Å²) in [5.41, 5.74) is 1.40. The Bertz CT molecular complexity index is 658. The molecule has 0 aliphatic rings. The summed E-state index contributed by atoms with van der Waals surface area (Å²) in [5.74, 6) is 0. The molecule has 2 aromatic rings. The van der Waals surface area contributed by atoms with Crippen LogP contribution in [-0.2, 0) is 16.6 Å². The fourth-order valence-electron chi connectivity index (χ4n) is 1.80. The van der Waals surface area contributed by atoms with E-state index in [2.05, 4.69) is 10.0 Å². The molecule has 0 atom stereocenters. The van der Waals surface area contributed by atoms with E-state index >= 15 is 0 Å². The molecule has 2 heterocycles. The Morgan fingerprint density at radius 3 is 2.65 bits per heavy atom. The Morgan fingerprint density at radius 1 is 1.30 bits per heavy atom. The number of hydrogen-bond acceptors (Lipinski definition) is 5. The van der Waals surface area contributed by atoms with Crippen LogP contribution in [0.25, 0.3) is 0 Å². The van der Waals surface area contributed by atoms with E-state index in [4.69, 9.17) is 0 Å². The maximum atomic E-state index is 12.5. The largest absolute Gasteiger partial charge is 0.310 e. The zero-order chi connectivity index (χ0) is 14.8. The molecule has 4 nitrogen and oxygen atoms in total. The fraction of sp³-hybridized carbons (Fsp3) is 0.385. The van der Waals surface area contributed by atoms with Gasteiger partial charge in [0.25, 0.3) is 10.0 Å². The van der Waals surface area contributed by atoms with Crippen LogP contribution in [0.15, 0.2) is 27.1 Å². The van der Waals surface area contributed by atoms with Crippen LogP contribution in [0.5, 0.6) is 0 Å². The quantitative estimate of drug-likeness (QED) is 0.853. The Balaban J connectivity index is 2.28. The van der Waals surface area contributed by atoms with E-state index in [0.717, 1.165) is 10.4 Å². The minimum Gasteiger partial charge on any atom is -0.310 e. The third-order valence-corrected chi connectivity index (χ3v) is 6.23. The first-order chi connectivity index (χ1) is 9.40. The van der Waals surface area contributed by atoms with Gasteiger partial charge in [0.2, 0.25) is 0 Å². The zero-order valence-corrected chi connectivity index (χ0v) is 14.1. The molecule has 0 aliphatic heterocycles. The molecule has 0 bridgehead atoms. The maximum Gasteiger partial charge on any atom is 0.263 e. The molecule has 7 heteroatoms. The van der Waals surface area contributed by atoms with Gasteiger partial charge in [-0.2, -0.15) is 11.3 Å². The van der Waals surface area contributed by atoms with E-state index < -0.39 is 10.0 Å². The molecular formula is C13H18N2O2S3. The van der Waals surface area contributed by atoms with Gasteiger partial charge in [0.15, 0.2) is 0 Å². The molecule has 0 aromatic carbocycles. The number of rotatable bonds is 6. The van der Waals surface area contributed by atoms with Gasteiger partial charge >= 0.3 is 0 Å². The summed E-state index contributed by atoms with van der Waals surface area (Å²) in [5, 5.41) is 8.78. The third kappa shape index (κ3) is 3.60. The number of nitrogens with one attached hydrogen (secondary N) is 2. The molecule has 0 saturated carbocycles. The molecule has 0 unspecified atom stereocenters. The first-order valence-corrected chi connectivity index (χ1v) is 9.56. The lowest BCUT2D eigenvalue weighted by molar-refractivity contribution is 0.581. The molecule has 110 valence electrons. The van der Waals surface area contributed by atoms with Gasteiger partial charge in [-0.25, -0.2) is 8.42 Å². The summed E-state index contributed by atoms with van der Waals surface area (Å²) in [6, 6.07) is 2.08. The average molecular weight is 331 g/mol. The van der Waals surface area contributed by atoms with E-state index in [1.54, 1.807) is 11.4 Å². The van der Waals surface area contributed by atoms with Crippen LogP contribution in [0.2, 0.25) is 0 Å². The van der Waals surface area contributed by atoms with E-state index in [1.165, 1.54) is 22.7 Å². The van der Waals surface area contributed by atoms with Crippen molar-refractivity contribution in [2.24, 2.45) is 0 Å². The lowest BCUT2D eigenvalue weighted by atomic mass is 10.3. The second-order valence-electron chi connectivity index (χ2n) is 4.82. The summed E-state index contributed by atoms with van der Waals surface area (Å²) in [6.07, 6.45) is 0. The number of anilines is 1. The highest BCUT2D eigenvalue weighted by Crippen LogP contribution is 2.29. The van der Waals surface area contributed by atoms with Crippen molar-refractivity contribution < 1.29 is 8.42 Å². The van der Waals surface area contributed by atoms with Crippen molar-refractivity contribution in [3.63, 3.8) is 0 Å². The summed E-state index contributed by atoms with van der Waals surface area (Å²) in [4.78, 5) is 1.25. The number of aryl methyl sites for hydroxylation is 1. The lowest BCUT2D eigenvalue weighted by Gasteiger charge is -2.11. The molecule has 0 spiro atoms. The van der Waals surface area contributed by atoms with E-state index in [1.807, 2.05) is 31.5 Å². The van der Waals surface area contributed by atoms with Crippen molar-refractivity contribution in [2.45, 2.75) is 38.3 Å². The Hall–Kier alpha value is -0.890. The molecular weight excluding hydrogens is 312 g/mol. The predicted molar refractivity (Wildman–Crippen MR) is 86.2 cm³/mol. The van der Waals surface area contributed by atoms with Crippen LogP contribution in [0.1, 0.15) is 24.3 Å². The van der Waals surface area contributed by atoms with Crippen molar-refractivity contribution in [1.82, 2.24) is 5.32 Å². The van der Waals surface area contributed by atoms with Gasteiger partial charge < -0.3 is 5.32 Å². The zero-order valence-electron chi connectivity index (χ0n) is 11.6. The normalized spacial score (nSPS) is 12.0. The van der Waals surface area contributed by atoms with Crippen molar-refractivity contribution in [3.8, 4) is 0 Å². The van der Waals surface area contributed by atoms with Gasteiger partial charge in [0.1, 0.15) is 4.90 Å². The number of hydrogen-bond donors (Lipinski definition) is 2. The summed E-state index contributed by atoms with van der Waals surface area (Å²) < 4.78 is 27.7. The van der Waals surface area contributed by atoms with Crippen LogP contribution < -0.4 is 10.0 Å². The molecule has 0 saturated heterocycles. The summed E-state index contributed by atoms with van der Waals surface area (Å²) >= 11 is 2.94. The highest BCUT2D eigenvalue weighted by Gasteiger charge is 2.23. The number of thiophene rings is 2. The lowest BCUT2D eigenvalue weighted by Crippen LogP contribution is -2.23. The SMILES string of the molecule is Cc1csc(CNC(C)C)c1S(=O)(=O)Nc1ccsc1. The fourth-order valence-corrected chi connectivity index (χ4v) is 5.27. The first-order valence-electron chi connectivity index (χ1n) is 6.25. The molecule has 0 amide bonds. The van der Waals surface area contributed by atoms with E-state index in [-0.39, 0.29) is 0 Å². The van der Waals surface area contributed by atoms with Gasteiger partial charge in [0.05, 0.1) is 5.69 Å². The van der Waals surface area contributed by atoms with Crippen molar-refractivity contribution in [3.05, 3.63) is 32.6 Å². The molecule has 2 N–H and O–H groups in total. The Labute approximate surface area is 127 Å². The minimum absolute atomic E-state index is 0.317. The molecule has 2 rings (SSSR count). The highest BCUT2D eigenvalue weighted by atomic mass is 32.2.